The molecule has 7 N–H and O–H groups in total. The van der Waals surface area contributed by atoms with Crippen molar-refractivity contribution in [2.24, 2.45) is 17.8 Å². The number of nitrogens with two attached hydrogens (primary N) is 1. The number of benzene rings is 1. The highest BCUT2D eigenvalue weighted by Gasteiger charge is 2.43. The van der Waals surface area contributed by atoms with E-state index in [0.717, 1.165) is 48.9 Å². The normalized spacial score (nSPS) is 27.1. The van der Waals surface area contributed by atoms with Crippen LogP contribution in [0.25, 0.3) is 0 Å². The second-order valence-corrected chi connectivity index (χ2v) is 14.0. The molecule has 50 heavy (non-hydrogen) atoms. The van der Waals surface area contributed by atoms with E-state index >= 15 is 0 Å². The van der Waals surface area contributed by atoms with E-state index in [4.69, 9.17) is 15.2 Å². The monoisotopic (exact) mass is 688 g/mol. The molecule has 1 aromatic carbocycles. The van der Waals surface area contributed by atoms with Crippen molar-refractivity contribution in [2.45, 2.75) is 114 Å². The van der Waals surface area contributed by atoms with Crippen molar-refractivity contribution >= 4 is 5.82 Å². The maximum Gasteiger partial charge on any atom is 0.161 e. The van der Waals surface area contributed by atoms with Gasteiger partial charge < -0.3 is 45.7 Å². The Balaban J connectivity index is 1.34. The molecular formula is C40H54N3O7-. The van der Waals surface area contributed by atoms with Gasteiger partial charge in [0, 0.05) is 30.4 Å². The van der Waals surface area contributed by atoms with E-state index in [-0.39, 0.29) is 48.6 Å². The zero-order valence-corrected chi connectivity index (χ0v) is 29.1. The summed E-state index contributed by atoms with van der Waals surface area (Å²) in [7, 11) is 0. The summed E-state index contributed by atoms with van der Waals surface area (Å²) in [6.45, 7) is 2.31. The Morgan fingerprint density at radius 3 is 2.66 bits per heavy atom. The number of pyridine rings is 1. The molecule has 0 bridgehead atoms. The van der Waals surface area contributed by atoms with Crippen LogP contribution in [0.4, 0.5) is 5.82 Å². The van der Waals surface area contributed by atoms with Gasteiger partial charge in [-0.15, -0.1) is 5.92 Å². The minimum Gasteiger partial charge on any atom is -0.668 e. The molecule has 0 amide bonds. The van der Waals surface area contributed by atoms with Crippen molar-refractivity contribution in [1.29, 1.82) is 0 Å². The van der Waals surface area contributed by atoms with Gasteiger partial charge in [-0.05, 0) is 92.7 Å². The largest absolute Gasteiger partial charge is 0.668 e. The predicted octanol–water partition coefficient (Wildman–Crippen LogP) is 4.51. The molecule has 9 unspecified atom stereocenters. The molecular weight excluding hydrogens is 634 g/mol. The van der Waals surface area contributed by atoms with Gasteiger partial charge in [-0.3, -0.25) is 0 Å². The standard InChI is InChI=1S/C40H54N3O7/c1-2-26-7-3-4-11-36(49-22-21-44)31(10-5-8-26)33(45)15-12-27-13-16-34(46)37(23-27)50-40-30(14-17-35(47)39(40)48)32(25-29-9-6-19-42-29)28-18-20-43-38(41)24-28/h6,9,13,16,18-20,23-24,26,30-33,35-36,39-40,44-48H,2-4,7,10-12,14-15,17,21-22,25H2,1H3,(H2,41,43)/q-1. The fourth-order valence-corrected chi connectivity index (χ4v) is 7.71. The number of phenols is 1. The molecule has 2 aliphatic rings. The third kappa shape index (κ3) is 10.0. The highest BCUT2D eigenvalue weighted by Crippen LogP contribution is 2.42. The maximum atomic E-state index is 11.5. The van der Waals surface area contributed by atoms with Crippen LogP contribution in [-0.2, 0) is 17.6 Å². The van der Waals surface area contributed by atoms with Crippen LogP contribution in [0, 0.1) is 29.6 Å². The van der Waals surface area contributed by atoms with Gasteiger partial charge in [-0.2, -0.15) is 11.9 Å². The quantitative estimate of drug-likeness (QED) is 0.132. The van der Waals surface area contributed by atoms with Crippen LogP contribution in [0.2, 0.25) is 0 Å². The summed E-state index contributed by atoms with van der Waals surface area (Å²) in [6.07, 6.45) is 7.45. The number of nitrogens with zero attached hydrogens (tertiary/aromatic N) is 2. The van der Waals surface area contributed by atoms with Crippen molar-refractivity contribution in [1.82, 2.24) is 9.97 Å². The molecule has 272 valence electrons. The maximum absolute atomic E-state index is 11.5. The van der Waals surface area contributed by atoms with Gasteiger partial charge in [0.25, 0.3) is 0 Å². The fraction of sp³-hybridized carbons (Fsp3) is 0.575. The van der Waals surface area contributed by atoms with Crippen molar-refractivity contribution in [3.63, 3.8) is 0 Å². The Morgan fingerprint density at radius 2 is 1.90 bits per heavy atom. The third-order valence-corrected chi connectivity index (χ3v) is 10.6. The molecule has 1 saturated carbocycles. The number of aromatic nitrogens is 2. The van der Waals surface area contributed by atoms with Crippen molar-refractivity contribution in [3.8, 4) is 23.3 Å². The van der Waals surface area contributed by atoms with Crippen LogP contribution < -0.4 is 15.5 Å². The van der Waals surface area contributed by atoms with Crippen molar-refractivity contribution in [2.75, 3.05) is 18.9 Å². The van der Waals surface area contributed by atoms with Gasteiger partial charge in [0.1, 0.15) is 18.0 Å². The Bertz CT molecular complexity index is 1520. The number of rotatable bonds is 14. The molecule has 10 heteroatoms. The second kappa shape index (κ2) is 18.6. The number of aliphatic hydroxyl groups is 4. The average molecular weight is 689 g/mol. The molecule has 2 aliphatic carbocycles. The van der Waals surface area contributed by atoms with E-state index in [1.54, 1.807) is 30.6 Å². The van der Waals surface area contributed by atoms with Gasteiger partial charge in [-0.1, -0.05) is 43.9 Å². The lowest BCUT2D eigenvalue weighted by Crippen LogP contribution is -2.51. The number of anilines is 1. The molecule has 10 nitrogen and oxygen atoms in total. The van der Waals surface area contributed by atoms with Gasteiger partial charge in [0.15, 0.2) is 11.5 Å². The highest BCUT2D eigenvalue weighted by atomic mass is 16.5. The smallest absolute Gasteiger partial charge is 0.161 e. The Morgan fingerprint density at radius 1 is 1.06 bits per heavy atom. The van der Waals surface area contributed by atoms with E-state index in [0.29, 0.717) is 50.3 Å². The first-order chi connectivity index (χ1) is 24.3. The Hall–Kier alpha value is -3.59. The third-order valence-electron chi connectivity index (χ3n) is 10.6. The van der Waals surface area contributed by atoms with Crippen LogP contribution in [-0.4, -0.2) is 74.3 Å². The lowest BCUT2D eigenvalue weighted by molar-refractivity contribution is -0.104. The fourth-order valence-electron chi connectivity index (χ4n) is 7.71. The zero-order valence-electron chi connectivity index (χ0n) is 29.1. The summed E-state index contributed by atoms with van der Waals surface area (Å²) >= 11 is 0. The van der Waals surface area contributed by atoms with Gasteiger partial charge in [0.2, 0.25) is 0 Å². The number of aryl methyl sites for hydroxylation is 1. The highest BCUT2D eigenvalue weighted by molar-refractivity contribution is 5.42. The molecule has 2 aromatic heterocycles. The first kappa shape index (κ1) is 37.7. The number of hydrogen-bond acceptors (Lipinski definition) is 9. The summed E-state index contributed by atoms with van der Waals surface area (Å²) in [5.74, 6) is 7.04. The van der Waals surface area contributed by atoms with Gasteiger partial charge in [0.05, 0.1) is 31.5 Å². The van der Waals surface area contributed by atoms with E-state index in [9.17, 15) is 25.5 Å². The van der Waals surface area contributed by atoms with Gasteiger partial charge >= 0.3 is 0 Å². The van der Waals surface area contributed by atoms with Crippen molar-refractivity contribution in [3.05, 3.63) is 71.7 Å². The lowest BCUT2D eigenvalue weighted by atomic mass is 9.71. The molecule has 0 aliphatic heterocycles. The number of ether oxygens (including phenoxy) is 2. The zero-order chi connectivity index (χ0) is 35.5. The predicted molar refractivity (Wildman–Crippen MR) is 191 cm³/mol. The van der Waals surface area contributed by atoms with Crippen LogP contribution in [0.3, 0.4) is 0 Å². The van der Waals surface area contributed by atoms with Crippen LogP contribution in [0.15, 0.2) is 54.9 Å². The molecule has 3 aromatic rings. The average Bonchev–Trinajstić information content (AvgIpc) is 3.64. The summed E-state index contributed by atoms with van der Waals surface area (Å²) in [6, 6.07) is 12.7. The number of nitrogen functional groups attached to an aromatic ring is 1. The molecule has 5 rings (SSSR count). The first-order valence-corrected chi connectivity index (χ1v) is 18.3. The number of aliphatic hydroxyl groups excluding tert-OH is 4. The topological polar surface area (TPSA) is 173 Å². The summed E-state index contributed by atoms with van der Waals surface area (Å²) in [5.41, 5.74) is 8.77. The Kier molecular flexibility index (Phi) is 14.0. The molecule has 0 spiro atoms. The lowest BCUT2D eigenvalue weighted by Gasteiger charge is -2.42. The second-order valence-electron chi connectivity index (χ2n) is 14.0. The van der Waals surface area contributed by atoms with Crippen LogP contribution in [0.1, 0.15) is 87.4 Å². The molecule has 0 saturated heterocycles. The minimum absolute atomic E-state index is 0.0749. The number of aromatic hydroxyl groups is 1. The van der Waals surface area contributed by atoms with Crippen LogP contribution >= 0.6 is 0 Å². The van der Waals surface area contributed by atoms with E-state index in [2.05, 4.69) is 28.7 Å². The van der Waals surface area contributed by atoms with Crippen LogP contribution in [0.5, 0.6) is 11.5 Å². The summed E-state index contributed by atoms with van der Waals surface area (Å²) in [4.78, 5) is 8.66. The number of phenolic OH excluding ortho intramolecular Hbond substituents is 1. The summed E-state index contributed by atoms with van der Waals surface area (Å²) < 4.78 is 12.5. The first-order valence-electron chi connectivity index (χ1n) is 18.3. The molecule has 0 radical (unpaired) electrons. The summed E-state index contributed by atoms with van der Waals surface area (Å²) in [5, 5.41) is 54.0. The van der Waals surface area contributed by atoms with E-state index in [1.165, 1.54) is 0 Å². The van der Waals surface area contributed by atoms with E-state index in [1.807, 2.05) is 24.3 Å². The SMILES string of the molecule is CCC1C#CCC(C(O)CCc2ccc(O)c(OC3C(O)C(O)CCC3C(Cc3ccc[n-]3)c3ccnc(N)c3)c2)C(OCCO)CCCC1. The molecule has 2 heterocycles. The Labute approximate surface area is 296 Å². The minimum atomic E-state index is -1.19. The van der Waals surface area contributed by atoms with Crippen molar-refractivity contribution < 1.29 is 35.0 Å². The molecule has 1 fully saturated rings. The van der Waals surface area contributed by atoms with Gasteiger partial charge in [-0.25, -0.2) is 4.98 Å². The van der Waals surface area contributed by atoms with E-state index < -0.39 is 24.4 Å². The molecule has 9 atom stereocenters. The number of hydrogen-bond donors (Lipinski definition) is 6.